The molecule has 0 aliphatic carbocycles. The van der Waals surface area contributed by atoms with Crippen molar-refractivity contribution in [2.75, 3.05) is 14.2 Å². The SMILES string of the molecule is COCc1cc(-c2ncc3[nH]c4ccc(Cl)c(Cc5ccccc5Cl)c4c3c2COC)no1. The van der Waals surface area contributed by atoms with E-state index in [1.807, 2.05) is 48.7 Å². The number of fused-ring (bicyclic) bond motifs is 3. The summed E-state index contributed by atoms with van der Waals surface area (Å²) in [5.74, 6) is 0.624. The summed E-state index contributed by atoms with van der Waals surface area (Å²) in [6, 6.07) is 13.5. The number of H-pyrrole nitrogens is 1. The van der Waals surface area contributed by atoms with Crippen molar-refractivity contribution in [1.29, 1.82) is 0 Å². The molecule has 0 amide bonds. The van der Waals surface area contributed by atoms with Crippen LogP contribution in [0.4, 0.5) is 0 Å². The van der Waals surface area contributed by atoms with Gasteiger partial charge in [0.2, 0.25) is 0 Å². The van der Waals surface area contributed by atoms with Crippen molar-refractivity contribution < 1.29 is 14.0 Å². The van der Waals surface area contributed by atoms with Gasteiger partial charge in [-0.1, -0.05) is 46.6 Å². The molecule has 5 rings (SSSR count). The van der Waals surface area contributed by atoms with Gasteiger partial charge in [0.25, 0.3) is 0 Å². The molecule has 0 aliphatic rings. The number of aromatic nitrogens is 3. The molecule has 168 valence electrons. The monoisotopic (exact) mass is 481 g/mol. The van der Waals surface area contributed by atoms with Crippen LogP contribution in [0.15, 0.2) is 53.2 Å². The lowest BCUT2D eigenvalue weighted by molar-refractivity contribution is 0.156. The Morgan fingerprint density at radius 1 is 0.909 bits per heavy atom. The van der Waals surface area contributed by atoms with Crippen molar-refractivity contribution >= 4 is 45.0 Å². The summed E-state index contributed by atoms with van der Waals surface area (Å²) in [6.07, 6.45) is 2.40. The number of pyridine rings is 1. The summed E-state index contributed by atoms with van der Waals surface area (Å²) < 4.78 is 16.2. The molecule has 1 N–H and O–H groups in total. The van der Waals surface area contributed by atoms with Gasteiger partial charge in [-0.25, -0.2) is 0 Å². The van der Waals surface area contributed by atoms with E-state index in [2.05, 4.69) is 15.1 Å². The van der Waals surface area contributed by atoms with Gasteiger partial charge in [-0.3, -0.25) is 4.98 Å². The molecule has 3 aromatic heterocycles. The molecule has 0 fully saturated rings. The second-order valence-electron chi connectivity index (χ2n) is 7.76. The number of halogens is 2. The van der Waals surface area contributed by atoms with Crippen molar-refractivity contribution in [3.63, 3.8) is 0 Å². The Bertz CT molecular complexity index is 1460. The van der Waals surface area contributed by atoms with Crippen LogP contribution in [0.2, 0.25) is 10.0 Å². The van der Waals surface area contributed by atoms with Gasteiger partial charge in [-0.15, -0.1) is 0 Å². The highest BCUT2D eigenvalue weighted by molar-refractivity contribution is 6.33. The van der Waals surface area contributed by atoms with Crippen molar-refractivity contribution in [2.24, 2.45) is 0 Å². The van der Waals surface area contributed by atoms with E-state index in [0.29, 0.717) is 46.8 Å². The Morgan fingerprint density at radius 2 is 1.70 bits per heavy atom. The van der Waals surface area contributed by atoms with Crippen LogP contribution in [-0.2, 0) is 29.1 Å². The quantitative estimate of drug-likeness (QED) is 0.284. The summed E-state index contributed by atoms with van der Waals surface area (Å²) in [5, 5.41) is 7.61. The third kappa shape index (κ3) is 4.00. The van der Waals surface area contributed by atoms with Gasteiger partial charge in [0.1, 0.15) is 12.3 Å². The molecule has 8 heteroatoms. The summed E-state index contributed by atoms with van der Waals surface area (Å²) in [7, 11) is 3.27. The van der Waals surface area contributed by atoms with Gasteiger partial charge in [0.05, 0.1) is 24.0 Å². The molecule has 0 radical (unpaired) electrons. The molecular weight excluding hydrogens is 461 g/mol. The van der Waals surface area contributed by atoms with E-state index < -0.39 is 0 Å². The van der Waals surface area contributed by atoms with Crippen LogP contribution in [-0.4, -0.2) is 29.3 Å². The second kappa shape index (κ2) is 9.15. The molecule has 0 aliphatic heterocycles. The number of benzene rings is 2. The van der Waals surface area contributed by atoms with Gasteiger partial charge >= 0.3 is 0 Å². The first-order valence-electron chi connectivity index (χ1n) is 10.4. The molecule has 0 saturated heterocycles. The fraction of sp³-hybridized carbons (Fsp3) is 0.200. The molecule has 0 atom stereocenters. The maximum Gasteiger partial charge on any atom is 0.163 e. The summed E-state index contributed by atoms with van der Waals surface area (Å²) in [4.78, 5) is 8.16. The Hall–Kier alpha value is -2.90. The third-order valence-electron chi connectivity index (χ3n) is 5.66. The molecule has 3 heterocycles. The number of hydrogen-bond acceptors (Lipinski definition) is 5. The third-order valence-corrected chi connectivity index (χ3v) is 6.38. The zero-order chi connectivity index (χ0) is 22.9. The lowest BCUT2D eigenvalue weighted by Gasteiger charge is -2.12. The van der Waals surface area contributed by atoms with Gasteiger partial charge in [-0.05, 0) is 29.3 Å². The maximum absolute atomic E-state index is 6.74. The number of aromatic amines is 1. The summed E-state index contributed by atoms with van der Waals surface area (Å²) >= 11 is 13.2. The fourth-order valence-corrected chi connectivity index (χ4v) is 4.66. The standard InChI is InChI=1S/C25H21Cl2N3O3/c1-31-12-15-10-21(30-33-15)25-17(13-32-2)24-22(11-28-25)29-20-8-7-19(27)16(23(20)24)9-14-5-3-4-6-18(14)26/h3-8,10-11,29H,9,12-13H2,1-2H3. The van der Waals surface area contributed by atoms with Crippen molar-refractivity contribution in [3.8, 4) is 11.4 Å². The molecule has 2 aromatic carbocycles. The fourth-order valence-electron chi connectivity index (χ4n) is 4.24. The minimum atomic E-state index is 0.333. The number of nitrogens with one attached hydrogen (secondary N) is 1. The normalized spacial score (nSPS) is 11.6. The van der Waals surface area contributed by atoms with Crippen LogP contribution in [0.25, 0.3) is 33.2 Å². The van der Waals surface area contributed by atoms with Crippen molar-refractivity contribution in [1.82, 2.24) is 15.1 Å². The second-order valence-corrected chi connectivity index (χ2v) is 8.57. The van der Waals surface area contributed by atoms with E-state index in [4.69, 9.17) is 37.2 Å². The van der Waals surface area contributed by atoms with E-state index >= 15 is 0 Å². The Balaban J connectivity index is 1.77. The first-order chi connectivity index (χ1) is 16.1. The van der Waals surface area contributed by atoms with E-state index in [0.717, 1.165) is 38.5 Å². The van der Waals surface area contributed by atoms with Crippen LogP contribution in [0.5, 0.6) is 0 Å². The van der Waals surface area contributed by atoms with Gasteiger partial charge < -0.3 is 19.0 Å². The Labute approximate surface area is 200 Å². The van der Waals surface area contributed by atoms with Crippen LogP contribution in [0.3, 0.4) is 0 Å². The van der Waals surface area contributed by atoms with E-state index in [1.54, 1.807) is 14.2 Å². The van der Waals surface area contributed by atoms with Gasteiger partial charge in [-0.2, -0.15) is 0 Å². The number of methoxy groups -OCH3 is 2. The first kappa shape index (κ1) is 21.9. The number of rotatable bonds is 7. The lowest BCUT2D eigenvalue weighted by Crippen LogP contribution is -1.98. The smallest absolute Gasteiger partial charge is 0.163 e. The van der Waals surface area contributed by atoms with Crippen LogP contribution in [0.1, 0.15) is 22.5 Å². The zero-order valence-electron chi connectivity index (χ0n) is 18.1. The van der Waals surface area contributed by atoms with Crippen LogP contribution in [0, 0.1) is 0 Å². The number of nitrogens with zero attached hydrogens (tertiary/aromatic N) is 2. The van der Waals surface area contributed by atoms with Crippen molar-refractivity contribution in [2.45, 2.75) is 19.6 Å². The van der Waals surface area contributed by atoms with E-state index in [-0.39, 0.29) is 0 Å². The zero-order valence-corrected chi connectivity index (χ0v) is 19.6. The average Bonchev–Trinajstić information content (AvgIpc) is 3.42. The molecule has 0 unspecified atom stereocenters. The van der Waals surface area contributed by atoms with Crippen LogP contribution >= 0.6 is 23.2 Å². The highest BCUT2D eigenvalue weighted by atomic mass is 35.5. The van der Waals surface area contributed by atoms with Gasteiger partial charge in [0, 0.05) is 58.6 Å². The minimum absolute atomic E-state index is 0.333. The molecule has 0 bridgehead atoms. The van der Waals surface area contributed by atoms with E-state index in [1.165, 1.54) is 0 Å². The minimum Gasteiger partial charge on any atom is -0.380 e. The molecule has 0 spiro atoms. The highest BCUT2D eigenvalue weighted by Crippen LogP contribution is 2.39. The molecule has 0 saturated carbocycles. The summed E-state index contributed by atoms with van der Waals surface area (Å²) in [6.45, 7) is 0.677. The lowest BCUT2D eigenvalue weighted by atomic mass is 9.96. The maximum atomic E-state index is 6.74. The Morgan fingerprint density at radius 3 is 2.48 bits per heavy atom. The molecular formula is C25H21Cl2N3O3. The predicted molar refractivity (Wildman–Crippen MR) is 130 cm³/mol. The molecule has 5 aromatic rings. The highest BCUT2D eigenvalue weighted by Gasteiger charge is 2.21. The van der Waals surface area contributed by atoms with Crippen LogP contribution < -0.4 is 0 Å². The van der Waals surface area contributed by atoms with E-state index in [9.17, 15) is 0 Å². The molecule has 33 heavy (non-hydrogen) atoms. The average molecular weight is 482 g/mol. The van der Waals surface area contributed by atoms with Gasteiger partial charge in [0.15, 0.2) is 5.76 Å². The van der Waals surface area contributed by atoms with Crippen molar-refractivity contribution in [3.05, 3.63) is 81.2 Å². The summed E-state index contributed by atoms with van der Waals surface area (Å²) in [5.41, 5.74) is 6.08. The largest absolute Gasteiger partial charge is 0.380 e. The number of hydrogen-bond donors (Lipinski definition) is 1. The predicted octanol–water partition coefficient (Wildman–Crippen LogP) is 6.56. The first-order valence-corrected chi connectivity index (χ1v) is 11.1. The molecule has 6 nitrogen and oxygen atoms in total. The Kier molecular flexibility index (Phi) is 6.08. The number of ether oxygens (including phenoxy) is 2. The topological polar surface area (TPSA) is 73.2 Å².